The average Bonchev–Trinajstić information content (AvgIpc) is 2.82. The van der Waals surface area contributed by atoms with Crippen molar-refractivity contribution in [2.75, 3.05) is 29.8 Å². The molecule has 1 saturated heterocycles. The number of aromatic nitrogens is 2. The summed E-state index contributed by atoms with van der Waals surface area (Å²) in [4.78, 5) is 21.5. The maximum Gasteiger partial charge on any atom is 0.252 e. The molecule has 0 bridgehead atoms. The first kappa shape index (κ1) is 23.6. The molecule has 0 aliphatic carbocycles. The summed E-state index contributed by atoms with van der Waals surface area (Å²) in [5.74, 6) is -0.239. The molecule has 4 rings (SSSR count). The maximum absolute atomic E-state index is 13.3. The quantitative estimate of drug-likeness (QED) is 0.551. The van der Waals surface area contributed by atoms with Crippen LogP contribution in [0.3, 0.4) is 0 Å². The molecule has 1 aromatic carbocycles. The van der Waals surface area contributed by atoms with Crippen molar-refractivity contribution in [1.82, 2.24) is 9.55 Å². The lowest BCUT2D eigenvalue weighted by atomic mass is 9.95. The second kappa shape index (κ2) is 10.0. The zero-order valence-corrected chi connectivity index (χ0v) is 19.5. The fourth-order valence-corrected chi connectivity index (χ4v) is 4.34. The first-order valence-corrected chi connectivity index (χ1v) is 11.2. The minimum absolute atomic E-state index is 0.0956. The van der Waals surface area contributed by atoms with Crippen LogP contribution in [-0.2, 0) is 7.05 Å². The highest BCUT2D eigenvalue weighted by Gasteiger charge is 2.30. The molecule has 2 aromatic heterocycles. The number of piperidine rings is 1. The van der Waals surface area contributed by atoms with Crippen LogP contribution in [0.4, 0.5) is 15.8 Å². The van der Waals surface area contributed by atoms with Crippen LogP contribution in [0.5, 0.6) is 0 Å². The first-order valence-electron chi connectivity index (χ1n) is 10.4. The molecule has 6 nitrogen and oxygen atoms in total. The maximum atomic E-state index is 13.3. The predicted octanol–water partition coefficient (Wildman–Crippen LogP) is 4.29. The normalized spacial score (nSPS) is 18.0. The van der Waals surface area contributed by atoms with Gasteiger partial charge in [-0.1, -0.05) is 0 Å². The summed E-state index contributed by atoms with van der Waals surface area (Å²) < 4.78 is 14.8. The monoisotopic (exact) mass is 455 g/mol. The van der Waals surface area contributed by atoms with E-state index in [0.717, 1.165) is 30.8 Å². The number of hydrogen-bond donors (Lipinski definition) is 0. The smallest absolute Gasteiger partial charge is 0.252 e. The van der Waals surface area contributed by atoms with Crippen molar-refractivity contribution in [1.29, 1.82) is 5.26 Å². The number of fused-ring (bicyclic) bond motifs is 1. The summed E-state index contributed by atoms with van der Waals surface area (Å²) in [7, 11) is 3.75. The van der Waals surface area contributed by atoms with Gasteiger partial charge in [-0.15, -0.1) is 11.6 Å². The van der Waals surface area contributed by atoms with E-state index in [4.69, 9.17) is 0 Å². The third kappa shape index (κ3) is 4.56. The summed E-state index contributed by atoms with van der Waals surface area (Å²) >= 11 is 4.64. The summed E-state index contributed by atoms with van der Waals surface area (Å²) in [5, 5.41) is 9.27. The van der Waals surface area contributed by atoms with Crippen molar-refractivity contribution in [2.24, 2.45) is 7.05 Å². The van der Waals surface area contributed by atoms with Gasteiger partial charge in [0.25, 0.3) is 5.56 Å². The molecular formula is C24H27ClFN5O. The van der Waals surface area contributed by atoms with Gasteiger partial charge in [0.05, 0.1) is 11.2 Å². The van der Waals surface area contributed by atoms with Gasteiger partial charge in [0.1, 0.15) is 23.1 Å². The zero-order valence-electron chi connectivity index (χ0n) is 18.7. The molecule has 0 radical (unpaired) electrons. The lowest BCUT2D eigenvalue weighted by Crippen LogP contribution is -2.48. The van der Waals surface area contributed by atoms with Crippen LogP contribution in [0.25, 0.3) is 11.0 Å². The number of hydrogen-bond acceptors (Lipinski definition) is 5. The van der Waals surface area contributed by atoms with Crippen LogP contribution < -0.4 is 15.4 Å². The van der Waals surface area contributed by atoms with Crippen LogP contribution in [0.15, 0.2) is 47.3 Å². The van der Waals surface area contributed by atoms with Gasteiger partial charge in [-0.05, 0) is 56.2 Å². The number of anilines is 2. The number of nitriles is 1. The van der Waals surface area contributed by atoms with E-state index >= 15 is 0 Å². The van der Waals surface area contributed by atoms with Gasteiger partial charge in [0.2, 0.25) is 0 Å². The molecule has 2 atom stereocenters. The summed E-state index contributed by atoms with van der Waals surface area (Å²) in [6, 6.07) is 14.2. The molecule has 0 spiro atoms. The Bertz CT molecular complexity index is 1190. The fraction of sp³-hybridized carbons (Fsp3) is 0.375. The largest absolute Gasteiger partial charge is 0.371 e. The molecule has 3 aromatic rings. The number of nitrogens with zero attached hydrogens (tertiary/aromatic N) is 5. The molecule has 0 saturated carbocycles. The summed E-state index contributed by atoms with van der Waals surface area (Å²) in [6.45, 7) is 2.90. The Kier molecular flexibility index (Phi) is 7.37. The van der Waals surface area contributed by atoms with Crippen molar-refractivity contribution in [3.05, 3.63) is 64.3 Å². The van der Waals surface area contributed by atoms with E-state index in [1.165, 1.54) is 18.5 Å². The van der Waals surface area contributed by atoms with Crippen LogP contribution in [0.2, 0.25) is 0 Å². The Morgan fingerprint density at radius 1 is 1.22 bits per heavy atom. The number of halogens is 2. The molecule has 8 heteroatoms. The van der Waals surface area contributed by atoms with E-state index in [0.29, 0.717) is 22.8 Å². The van der Waals surface area contributed by atoms with Gasteiger partial charge in [-0.2, -0.15) is 5.26 Å². The van der Waals surface area contributed by atoms with Crippen molar-refractivity contribution in [2.45, 2.75) is 31.8 Å². The minimum atomic E-state index is -0.239. The van der Waals surface area contributed by atoms with Gasteiger partial charge in [-0.25, -0.2) is 9.37 Å². The van der Waals surface area contributed by atoms with Gasteiger partial charge < -0.3 is 14.4 Å². The SMILES string of the molecule is CC1CC(N(C)c2ccc(F)cc2)CCN1c1cc(=O)n(C)c2ccc(C#N)nc12.CCl. The van der Waals surface area contributed by atoms with E-state index < -0.39 is 0 Å². The number of aryl methyl sites for hydroxylation is 1. The number of pyridine rings is 2. The van der Waals surface area contributed by atoms with E-state index in [-0.39, 0.29) is 17.4 Å². The standard InChI is InChI=1S/C23H24FN5O.CH3Cl/c1-15-12-19(27(2)18-7-4-16(24)5-8-18)10-11-29(15)21-13-22(30)28(3)20-9-6-17(14-25)26-23(20)21;1-2/h4-9,13,15,19H,10-12H2,1-3H3;1H3. The molecule has 0 N–H and O–H groups in total. The first-order chi connectivity index (χ1) is 15.4. The number of alkyl halides is 1. The zero-order chi connectivity index (χ0) is 23.4. The predicted molar refractivity (Wildman–Crippen MR) is 128 cm³/mol. The van der Waals surface area contributed by atoms with Crippen LogP contribution >= 0.6 is 11.6 Å². The second-order valence-electron chi connectivity index (χ2n) is 7.91. The average molecular weight is 456 g/mol. The van der Waals surface area contributed by atoms with Crippen molar-refractivity contribution >= 4 is 34.0 Å². The van der Waals surface area contributed by atoms with Crippen molar-refractivity contribution in [3.63, 3.8) is 0 Å². The Balaban J connectivity index is 0.00000141. The molecule has 3 heterocycles. The fourth-order valence-electron chi connectivity index (χ4n) is 4.34. The summed E-state index contributed by atoms with van der Waals surface area (Å²) in [5.41, 5.74) is 3.40. The van der Waals surface area contributed by atoms with Crippen molar-refractivity contribution in [3.8, 4) is 6.07 Å². The Hall–Kier alpha value is -3.11. The molecule has 168 valence electrons. The molecule has 32 heavy (non-hydrogen) atoms. The van der Waals surface area contributed by atoms with Crippen LogP contribution in [0, 0.1) is 17.1 Å². The molecule has 2 unspecified atom stereocenters. The lowest BCUT2D eigenvalue weighted by molar-refractivity contribution is 0.418. The lowest BCUT2D eigenvalue weighted by Gasteiger charge is -2.43. The molecule has 0 amide bonds. The molecule has 1 fully saturated rings. The minimum Gasteiger partial charge on any atom is -0.371 e. The van der Waals surface area contributed by atoms with Crippen LogP contribution in [0.1, 0.15) is 25.5 Å². The Morgan fingerprint density at radius 3 is 2.53 bits per heavy atom. The Morgan fingerprint density at radius 2 is 1.91 bits per heavy atom. The number of rotatable bonds is 3. The van der Waals surface area contributed by atoms with Gasteiger partial charge in [0, 0.05) is 50.9 Å². The van der Waals surface area contributed by atoms with Gasteiger partial charge in [0.15, 0.2) is 0 Å². The second-order valence-corrected chi connectivity index (χ2v) is 7.91. The van der Waals surface area contributed by atoms with E-state index in [1.807, 2.05) is 7.05 Å². The third-order valence-electron chi connectivity index (χ3n) is 6.12. The third-order valence-corrected chi connectivity index (χ3v) is 6.12. The molecular weight excluding hydrogens is 429 g/mol. The van der Waals surface area contributed by atoms with Crippen LogP contribution in [-0.4, -0.2) is 41.6 Å². The topological polar surface area (TPSA) is 65.2 Å². The highest BCUT2D eigenvalue weighted by molar-refractivity contribution is 6.15. The number of benzene rings is 1. The van der Waals surface area contributed by atoms with E-state index in [2.05, 4.69) is 39.4 Å². The summed E-state index contributed by atoms with van der Waals surface area (Å²) in [6.07, 6.45) is 3.26. The van der Waals surface area contributed by atoms with Gasteiger partial charge >= 0.3 is 0 Å². The van der Waals surface area contributed by atoms with E-state index in [9.17, 15) is 14.4 Å². The highest BCUT2D eigenvalue weighted by Crippen LogP contribution is 2.32. The van der Waals surface area contributed by atoms with Gasteiger partial charge in [-0.3, -0.25) is 4.79 Å². The van der Waals surface area contributed by atoms with Crippen molar-refractivity contribution < 1.29 is 4.39 Å². The Labute approximate surface area is 192 Å². The van der Waals surface area contributed by atoms with E-state index in [1.54, 1.807) is 41.9 Å². The molecule has 1 aliphatic rings. The highest BCUT2D eigenvalue weighted by atomic mass is 35.5. The molecule has 1 aliphatic heterocycles.